The standard InChI is InChI=1S/C25H34N2O4S/c28-22(24(30)26-14-12-19-10-6-16-32-19)23(29)25(31)27-15-13-17-7-4-5-11-20(17)21(27)18-8-2-1-3-9-18/h4-7,11,16,18-19,21-23,28-29H,1-3,8-10,12-15H2,(H,26,30)/t19?,21?,22-,23-/m1/s1. The molecule has 1 aromatic rings. The number of carbonyl (C=O) groups excluding carboxylic acids is 2. The lowest BCUT2D eigenvalue weighted by atomic mass is 9.77. The van der Waals surface area contributed by atoms with Crippen LogP contribution in [-0.4, -0.2) is 57.5 Å². The lowest BCUT2D eigenvalue weighted by molar-refractivity contribution is -0.156. The van der Waals surface area contributed by atoms with Gasteiger partial charge in [-0.15, -0.1) is 11.8 Å². The molecule has 2 aliphatic heterocycles. The molecule has 2 amide bonds. The summed E-state index contributed by atoms with van der Waals surface area (Å²) < 4.78 is 0. The van der Waals surface area contributed by atoms with Crippen LogP contribution in [0.25, 0.3) is 0 Å². The van der Waals surface area contributed by atoms with Crippen molar-refractivity contribution in [2.75, 3.05) is 13.1 Å². The van der Waals surface area contributed by atoms with Crippen LogP contribution in [0.1, 0.15) is 62.1 Å². The molecule has 2 heterocycles. The van der Waals surface area contributed by atoms with Gasteiger partial charge >= 0.3 is 0 Å². The van der Waals surface area contributed by atoms with Gasteiger partial charge in [0.05, 0.1) is 6.04 Å². The number of aliphatic hydroxyl groups is 2. The van der Waals surface area contributed by atoms with Gasteiger partial charge in [-0.3, -0.25) is 9.59 Å². The SMILES string of the molecule is O=C(NCCC1CC=CS1)[C@H](O)[C@@H](O)C(=O)N1CCc2ccccc2C1C1CCCCC1. The highest BCUT2D eigenvalue weighted by Gasteiger charge is 2.41. The van der Waals surface area contributed by atoms with Crippen molar-refractivity contribution in [3.8, 4) is 0 Å². The molecule has 174 valence electrons. The zero-order chi connectivity index (χ0) is 22.5. The number of thioether (sulfide) groups is 1. The second-order valence-corrected chi connectivity index (χ2v) is 10.4. The van der Waals surface area contributed by atoms with Gasteiger partial charge in [0.25, 0.3) is 11.8 Å². The Hall–Kier alpha value is -1.83. The number of nitrogens with one attached hydrogen (secondary N) is 1. The molecule has 1 aliphatic carbocycles. The van der Waals surface area contributed by atoms with Crippen LogP contribution in [0, 0.1) is 5.92 Å². The molecule has 0 spiro atoms. The summed E-state index contributed by atoms with van der Waals surface area (Å²) in [4.78, 5) is 27.4. The van der Waals surface area contributed by atoms with Gasteiger partial charge in [-0.2, -0.15) is 0 Å². The first-order valence-electron chi connectivity index (χ1n) is 11.9. The van der Waals surface area contributed by atoms with Crippen molar-refractivity contribution in [2.24, 2.45) is 5.92 Å². The van der Waals surface area contributed by atoms with Crippen LogP contribution in [0.15, 0.2) is 35.7 Å². The van der Waals surface area contributed by atoms with Crippen LogP contribution in [0.5, 0.6) is 0 Å². The monoisotopic (exact) mass is 458 g/mol. The topological polar surface area (TPSA) is 89.9 Å². The average Bonchev–Trinajstić information content (AvgIpc) is 3.36. The van der Waals surface area contributed by atoms with E-state index in [1.807, 2.05) is 12.1 Å². The lowest BCUT2D eigenvalue weighted by Gasteiger charge is -2.44. The van der Waals surface area contributed by atoms with Gasteiger partial charge in [0.15, 0.2) is 12.2 Å². The summed E-state index contributed by atoms with van der Waals surface area (Å²) >= 11 is 1.74. The van der Waals surface area contributed by atoms with E-state index in [2.05, 4.69) is 28.9 Å². The number of nitrogens with zero attached hydrogens (tertiary/aromatic N) is 1. The summed E-state index contributed by atoms with van der Waals surface area (Å²) in [6.45, 7) is 0.909. The molecule has 6 nitrogen and oxygen atoms in total. The van der Waals surface area contributed by atoms with Crippen LogP contribution >= 0.6 is 11.8 Å². The Balaban J connectivity index is 1.42. The van der Waals surface area contributed by atoms with Crippen molar-refractivity contribution in [3.05, 3.63) is 46.9 Å². The van der Waals surface area contributed by atoms with Crippen LogP contribution < -0.4 is 5.32 Å². The smallest absolute Gasteiger partial charge is 0.255 e. The van der Waals surface area contributed by atoms with E-state index in [9.17, 15) is 19.8 Å². The minimum absolute atomic E-state index is 0.107. The molecule has 1 fully saturated rings. The fourth-order valence-corrected chi connectivity index (χ4v) is 6.25. The van der Waals surface area contributed by atoms with Crippen LogP contribution in [0.4, 0.5) is 0 Å². The van der Waals surface area contributed by atoms with Crippen molar-refractivity contribution >= 4 is 23.6 Å². The zero-order valence-electron chi connectivity index (χ0n) is 18.5. The molecule has 0 saturated heterocycles. The molecule has 2 unspecified atom stereocenters. The Labute approximate surface area is 194 Å². The number of fused-ring (bicyclic) bond motifs is 1. The number of rotatable bonds is 7. The Kier molecular flexibility index (Phi) is 7.92. The van der Waals surface area contributed by atoms with Gasteiger partial charge in [0.1, 0.15) is 0 Å². The first kappa shape index (κ1) is 23.3. The number of hydrogen-bond acceptors (Lipinski definition) is 5. The van der Waals surface area contributed by atoms with Crippen molar-refractivity contribution < 1.29 is 19.8 Å². The molecule has 0 bridgehead atoms. The molecule has 0 aromatic heterocycles. The normalized spacial score (nSPS) is 25.2. The highest BCUT2D eigenvalue weighted by Crippen LogP contribution is 2.42. The van der Waals surface area contributed by atoms with Gasteiger partial charge in [-0.05, 0) is 54.6 Å². The summed E-state index contributed by atoms with van der Waals surface area (Å²) in [5.74, 6) is -0.897. The van der Waals surface area contributed by atoms with Crippen molar-refractivity contribution in [1.82, 2.24) is 10.2 Å². The van der Waals surface area contributed by atoms with E-state index in [1.54, 1.807) is 16.7 Å². The third-order valence-corrected chi connectivity index (χ3v) is 8.23. The lowest BCUT2D eigenvalue weighted by Crippen LogP contribution is -2.54. The Morgan fingerprint density at radius 3 is 2.66 bits per heavy atom. The Morgan fingerprint density at radius 2 is 1.91 bits per heavy atom. The number of benzene rings is 1. The number of aliphatic hydroxyl groups excluding tert-OH is 2. The molecule has 1 saturated carbocycles. The second-order valence-electron chi connectivity index (χ2n) is 9.16. The van der Waals surface area contributed by atoms with Crippen molar-refractivity contribution in [2.45, 2.75) is 74.9 Å². The van der Waals surface area contributed by atoms with Crippen molar-refractivity contribution in [3.63, 3.8) is 0 Å². The Morgan fingerprint density at radius 1 is 1.12 bits per heavy atom. The van der Waals surface area contributed by atoms with E-state index < -0.39 is 24.0 Å². The molecular weight excluding hydrogens is 424 g/mol. The minimum Gasteiger partial charge on any atom is -0.380 e. The summed E-state index contributed by atoms with van der Waals surface area (Å²) in [5.41, 5.74) is 2.40. The van der Waals surface area contributed by atoms with Gasteiger partial charge in [0.2, 0.25) is 0 Å². The van der Waals surface area contributed by atoms with Gasteiger partial charge in [-0.25, -0.2) is 0 Å². The molecule has 1 aromatic carbocycles. The fraction of sp³-hybridized carbons (Fsp3) is 0.600. The molecule has 0 radical (unpaired) electrons. The first-order valence-corrected chi connectivity index (χ1v) is 12.8. The molecular formula is C25H34N2O4S. The van der Waals surface area contributed by atoms with Gasteiger partial charge in [-0.1, -0.05) is 49.6 Å². The number of hydrogen-bond donors (Lipinski definition) is 3. The summed E-state index contributed by atoms with van der Waals surface area (Å²) in [6, 6.07) is 8.12. The number of amides is 2. The maximum atomic E-state index is 13.3. The predicted molar refractivity (Wildman–Crippen MR) is 126 cm³/mol. The maximum Gasteiger partial charge on any atom is 0.255 e. The van der Waals surface area contributed by atoms with E-state index in [4.69, 9.17) is 0 Å². The van der Waals surface area contributed by atoms with Gasteiger partial charge < -0.3 is 20.4 Å². The van der Waals surface area contributed by atoms with Gasteiger partial charge in [0, 0.05) is 18.3 Å². The van der Waals surface area contributed by atoms with Crippen LogP contribution in [-0.2, 0) is 16.0 Å². The largest absolute Gasteiger partial charge is 0.380 e. The highest BCUT2D eigenvalue weighted by atomic mass is 32.2. The first-order chi connectivity index (χ1) is 15.6. The maximum absolute atomic E-state index is 13.3. The predicted octanol–water partition coefficient (Wildman–Crippen LogP) is 2.94. The number of allylic oxidation sites excluding steroid dienone is 1. The molecule has 4 atom stereocenters. The summed E-state index contributed by atoms with van der Waals surface area (Å²) in [7, 11) is 0. The molecule has 7 heteroatoms. The summed E-state index contributed by atoms with van der Waals surface area (Å²) in [6.07, 6.45) is 6.68. The third-order valence-electron chi connectivity index (χ3n) is 7.06. The van der Waals surface area contributed by atoms with E-state index in [1.165, 1.54) is 12.0 Å². The van der Waals surface area contributed by atoms with E-state index >= 15 is 0 Å². The Bertz CT molecular complexity index is 831. The van der Waals surface area contributed by atoms with E-state index in [0.29, 0.717) is 30.7 Å². The number of carbonyl (C=O) groups is 2. The third kappa shape index (κ3) is 5.21. The minimum atomic E-state index is -1.76. The van der Waals surface area contributed by atoms with E-state index in [-0.39, 0.29) is 6.04 Å². The zero-order valence-corrected chi connectivity index (χ0v) is 19.3. The molecule has 32 heavy (non-hydrogen) atoms. The molecule has 3 aliphatic rings. The van der Waals surface area contributed by atoms with E-state index in [0.717, 1.165) is 44.1 Å². The quantitative estimate of drug-likeness (QED) is 0.585. The average molecular weight is 459 g/mol. The summed E-state index contributed by atoms with van der Waals surface area (Å²) in [5, 5.41) is 26.3. The highest BCUT2D eigenvalue weighted by molar-refractivity contribution is 8.03. The van der Waals surface area contributed by atoms with Crippen LogP contribution in [0.3, 0.4) is 0 Å². The fourth-order valence-electron chi connectivity index (χ4n) is 5.33. The van der Waals surface area contributed by atoms with Crippen LogP contribution in [0.2, 0.25) is 0 Å². The molecule has 3 N–H and O–H groups in total. The molecule has 4 rings (SSSR count). The second kappa shape index (κ2) is 10.9. The van der Waals surface area contributed by atoms with Crippen molar-refractivity contribution in [1.29, 1.82) is 0 Å².